The third-order valence-electron chi connectivity index (χ3n) is 4.97. The lowest BCUT2D eigenvalue weighted by atomic mass is 10.0. The van der Waals surface area contributed by atoms with Crippen molar-refractivity contribution in [1.82, 2.24) is 20.1 Å². The molecule has 2 aliphatic rings. The second-order valence-electron chi connectivity index (χ2n) is 6.66. The predicted octanol–water partition coefficient (Wildman–Crippen LogP) is 2.54. The van der Waals surface area contributed by atoms with Gasteiger partial charge in [-0.15, -0.1) is 0 Å². The monoisotopic (exact) mass is 326 g/mol. The first kappa shape index (κ1) is 15.3. The van der Waals surface area contributed by atoms with E-state index >= 15 is 0 Å². The number of hydrogen-bond acceptors (Lipinski definition) is 4. The molecule has 0 spiro atoms. The summed E-state index contributed by atoms with van der Waals surface area (Å²) in [7, 11) is 0. The predicted molar refractivity (Wildman–Crippen MR) is 88.5 cm³/mol. The van der Waals surface area contributed by atoms with E-state index in [1.807, 2.05) is 23.0 Å². The molecule has 1 atom stereocenters. The zero-order chi connectivity index (χ0) is 16.4. The van der Waals surface area contributed by atoms with Crippen LogP contribution in [0.4, 0.5) is 0 Å². The molecule has 1 amide bonds. The summed E-state index contributed by atoms with van der Waals surface area (Å²) < 4.78 is 7.55. The van der Waals surface area contributed by atoms with Gasteiger partial charge in [-0.05, 0) is 30.9 Å². The summed E-state index contributed by atoms with van der Waals surface area (Å²) in [6.07, 6.45) is 10.8. The summed E-state index contributed by atoms with van der Waals surface area (Å²) in [5.74, 6) is 0.671. The van der Waals surface area contributed by atoms with Crippen LogP contribution in [0.1, 0.15) is 49.4 Å². The largest absolute Gasteiger partial charge is 0.373 e. The van der Waals surface area contributed by atoms with Gasteiger partial charge in [-0.2, -0.15) is 5.10 Å². The van der Waals surface area contributed by atoms with Crippen LogP contribution >= 0.6 is 0 Å². The molecule has 0 radical (unpaired) electrons. The van der Waals surface area contributed by atoms with E-state index in [4.69, 9.17) is 4.74 Å². The van der Waals surface area contributed by atoms with Gasteiger partial charge in [-0.25, -0.2) is 4.68 Å². The van der Waals surface area contributed by atoms with Crippen molar-refractivity contribution in [2.45, 2.75) is 44.8 Å². The van der Waals surface area contributed by atoms with Crippen molar-refractivity contribution < 1.29 is 9.53 Å². The van der Waals surface area contributed by atoms with E-state index in [2.05, 4.69) is 15.4 Å². The molecule has 0 aromatic carbocycles. The molecular formula is C18H22N4O2. The second-order valence-corrected chi connectivity index (χ2v) is 6.66. The van der Waals surface area contributed by atoms with Crippen molar-refractivity contribution in [3.63, 3.8) is 0 Å². The molecule has 1 aliphatic carbocycles. The van der Waals surface area contributed by atoms with Crippen LogP contribution in [-0.2, 0) is 16.1 Å². The normalized spacial score (nSPS) is 20.8. The number of nitrogens with zero attached hydrogens (tertiary/aromatic N) is 3. The second kappa shape index (κ2) is 6.73. The van der Waals surface area contributed by atoms with Gasteiger partial charge in [-0.1, -0.05) is 12.8 Å². The van der Waals surface area contributed by atoms with E-state index in [9.17, 15) is 4.79 Å². The van der Waals surface area contributed by atoms with Gasteiger partial charge in [0.15, 0.2) is 0 Å². The van der Waals surface area contributed by atoms with Crippen LogP contribution in [0.3, 0.4) is 0 Å². The van der Waals surface area contributed by atoms with Crippen molar-refractivity contribution >= 4 is 5.91 Å². The summed E-state index contributed by atoms with van der Waals surface area (Å²) >= 11 is 0. The number of fused-ring (bicyclic) bond motifs is 1. The number of pyridine rings is 1. The Hall–Kier alpha value is -2.21. The zero-order valence-corrected chi connectivity index (χ0v) is 13.6. The maximum absolute atomic E-state index is 12.3. The fourth-order valence-corrected chi connectivity index (χ4v) is 3.74. The van der Waals surface area contributed by atoms with Crippen molar-refractivity contribution in [1.29, 1.82) is 0 Å². The Morgan fingerprint density at radius 1 is 1.33 bits per heavy atom. The molecule has 24 heavy (non-hydrogen) atoms. The minimum Gasteiger partial charge on any atom is -0.373 e. The molecule has 1 fully saturated rings. The fourth-order valence-electron chi connectivity index (χ4n) is 3.74. The standard InChI is InChI=1S/C18H22N4O2/c23-18(8-13-4-1-2-5-13)21-16-11-24-12-17-15(16)10-20-22(17)14-6-3-7-19-9-14/h3,6-7,9-10,13,16H,1-2,4-5,8,11-12H2,(H,21,23)/t16-/m0/s1. The Balaban J connectivity index is 1.50. The van der Waals surface area contributed by atoms with Gasteiger partial charge >= 0.3 is 0 Å². The van der Waals surface area contributed by atoms with E-state index < -0.39 is 0 Å². The molecule has 6 nitrogen and oxygen atoms in total. The molecule has 1 saturated carbocycles. The van der Waals surface area contributed by atoms with Gasteiger partial charge < -0.3 is 10.1 Å². The van der Waals surface area contributed by atoms with Crippen LogP contribution in [0.2, 0.25) is 0 Å². The van der Waals surface area contributed by atoms with Gasteiger partial charge in [-0.3, -0.25) is 9.78 Å². The van der Waals surface area contributed by atoms with E-state index in [0.717, 1.165) is 16.9 Å². The minimum atomic E-state index is -0.118. The average Bonchev–Trinajstić information content (AvgIpc) is 3.25. The summed E-state index contributed by atoms with van der Waals surface area (Å²) in [5.41, 5.74) is 2.94. The molecular weight excluding hydrogens is 304 g/mol. The van der Waals surface area contributed by atoms with E-state index in [0.29, 0.717) is 25.6 Å². The summed E-state index contributed by atoms with van der Waals surface area (Å²) in [5, 5.41) is 7.61. The highest BCUT2D eigenvalue weighted by atomic mass is 16.5. The van der Waals surface area contributed by atoms with Crippen LogP contribution in [0, 0.1) is 5.92 Å². The molecule has 2 aromatic rings. The van der Waals surface area contributed by atoms with Crippen molar-refractivity contribution in [3.8, 4) is 5.69 Å². The Morgan fingerprint density at radius 3 is 3.00 bits per heavy atom. The van der Waals surface area contributed by atoms with Gasteiger partial charge in [0.1, 0.15) is 0 Å². The van der Waals surface area contributed by atoms with Crippen LogP contribution < -0.4 is 5.32 Å². The fraction of sp³-hybridized carbons (Fsp3) is 0.500. The number of carbonyl (C=O) groups excluding carboxylic acids is 1. The molecule has 1 aliphatic heterocycles. The maximum atomic E-state index is 12.3. The van der Waals surface area contributed by atoms with Gasteiger partial charge in [0.25, 0.3) is 0 Å². The molecule has 126 valence electrons. The topological polar surface area (TPSA) is 69.0 Å². The lowest BCUT2D eigenvalue weighted by molar-refractivity contribution is -0.123. The summed E-state index contributed by atoms with van der Waals surface area (Å²) in [4.78, 5) is 16.5. The highest BCUT2D eigenvalue weighted by Gasteiger charge is 2.28. The van der Waals surface area contributed by atoms with E-state index in [1.54, 1.807) is 12.4 Å². The first-order chi connectivity index (χ1) is 11.8. The lowest BCUT2D eigenvalue weighted by Gasteiger charge is -2.25. The number of nitrogens with one attached hydrogen (secondary N) is 1. The Bertz CT molecular complexity index is 707. The first-order valence-corrected chi connectivity index (χ1v) is 8.65. The minimum absolute atomic E-state index is 0.118. The Labute approximate surface area is 141 Å². The summed E-state index contributed by atoms with van der Waals surface area (Å²) in [6.45, 7) is 1.00. The quantitative estimate of drug-likeness (QED) is 0.937. The molecule has 6 heteroatoms. The highest BCUT2D eigenvalue weighted by Crippen LogP contribution is 2.29. The van der Waals surface area contributed by atoms with Crippen LogP contribution in [0.15, 0.2) is 30.7 Å². The smallest absolute Gasteiger partial charge is 0.220 e. The molecule has 1 N–H and O–H groups in total. The van der Waals surface area contributed by atoms with E-state index in [-0.39, 0.29) is 11.9 Å². The van der Waals surface area contributed by atoms with Crippen LogP contribution in [0.5, 0.6) is 0 Å². The number of ether oxygens (including phenoxy) is 1. The summed E-state index contributed by atoms with van der Waals surface area (Å²) in [6, 6.07) is 3.73. The average molecular weight is 326 g/mol. The number of rotatable bonds is 4. The highest BCUT2D eigenvalue weighted by molar-refractivity contribution is 5.76. The van der Waals surface area contributed by atoms with Gasteiger partial charge in [0.2, 0.25) is 5.91 Å². The third kappa shape index (κ3) is 3.06. The van der Waals surface area contributed by atoms with Crippen LogP contribution in [0.25, 0.3) is 5.69 Å². The molecule has 2 aromatic heterocycles. The van der Waals surface area contributed by atoms with Crippen molar-refractivity contribution in [3.05, 3.63) is 42.0 Å². The third-order valence-corrected chi connectivity index (χ3v) is 4.97. The number of carbonyl (C=O) groups is 1. The van der Waals surface area contributed by atoms with Gasteiger partial charge in [0.05, 0.1) is 43.0 Å². The molecule has 4 rings (SSSR count). The van der Waals surface area contributed by atoms with E-state index in [1.165, 1.54) is 25.7 Å². The van der Waals surface area contributed by atoms with Crippen molar-refractivity contribution in [2.24, 2.45) is 5.92 Å². The first-order valence-electron chi connectivity index (χ1n) is 8.65. The number of amides is 1. The lowest BCUT2D eigenvalue weighted by Crippen LogP contribution is -2.35. The molecule has 0 unspecified atom stereocenters. The van der Waals surface area contributed by atoms with Crippen molar-refractivity contribution in [2.75, 3.05) is 6.61 Å². The molecule has 3 heterocycles. The Morgan fingerprint density at radius 2 is 2.21 bits per heavy atom. The number of aromatic nitrogens is 3. The molecule has 0 bridgehead atoms. The zero-order valence-electron chi connectivity index (χ0n) is 13.6. The maximum Gasteiger partial charge on any atom is 0.220 e. The molecule has 0 saturated heterocycles. The van der Waals surface area contributed by atoms with Crippen LogP contribution in [-0.4, -0.2) is 27.3 Å². The van der Waals surface area contributed by atoms with Gasteiger partial charge in [0, 0.05) is 18.2 Å². The SMILES string of the molecule is O=C(CC1CCCC1)N[C@H]1COCc2c1cnn2-c1cccnc1. The number of hydrogen-bond donors (Lipinski definition) is 1. The Kier molecular flexibility index (Phi) is 4.30.